The Balaban J connectivity index is 1.60. The highest BCUT2D eigenvalue weighted by Crippen LogP contribution is 2.40. The van der Waals surface area contributed by atoms with Crippen LogP contribution < -0.4 is 14.8 Å². The summed E-state index contributed by atoms with van der Waals surface area (Å²) in [6.07, 6.45) is 1.81. The summed E-state index contributed by atoms with van der Waals surface area (Å²) < 4.78 is 10.7. The van der Waals surface area contributed by atoms with E-state index in [9.17, 15) is 0 Å². The summed E-state index contributed by atoms with van der Waals surface area (Å²) in [5.74, 6) is 1.32. The van der Waals surface area contributed by atoms with Crippen molar-refractivity contribution in [2.45, 2.75) is 6.54 Å². The maximum Gasteiger partial charge on any atom is 0.231 e. The second-order valence-electron chi connectivity index (χ2n) is 4.80. The Bertz CT molecular complexity index is 816. The topological polar surface area (TPSA) is 59.2 Å². The molecule has 0 unspecified atom stereocenters. The van der Waals surface area contributed by atoms with Crippen LogP contribution in [0.1, 0.15) is 5.56 Å². The molecule has 21 heavy (non-hydrogen) atoms. The lowest BCUT2D eigenvalue weighted by atomic mass is 10.1. The van der Waals surface area contributed by atoms with Gasteiger partial charge >= 0.3 is 0 Å². The van der Waals surface area contributed by atoms with Gasteiger partial charge in [-0.15, -0.1) is 0 Å². The zero-order valence-electron chi connectivity index (χ0n) is 11.0. The third kappa shape index (κ3) is 2.15. The molecule has 2 N–H and O–H groups in total. The van der Waals surface area contributed by atoms with E-state index in [1.54, 1.807) is 0 Å². The lowest BCUT2D eigenvalue weighted by Gasteiger charge is -2.09. The van der Waals surface area contributed by atoms with Crippen molar-refractivity contribution < 1.29 is 9.47 Å². The average molecular weight is 302 g/mol. The SMILES string of the molecule is Clc1cc(CNc2cccc3[nH]ncc23)cc2c1OCO2. The maximum absolute atomic E-state index is 6.19. The largest absolute Gasteiger partial charge is 0.454 e. The van der Waals surface area contributed by atoms with Gasteiger partial charge in [0.25, 0.3) is 0 Å². The molecule has 4 rings (SSSR count). The van der Waals surface area contributed by atoms with Crippen molar-refractivity contribution in [2.24, 2.45) is 0 Å². The number of fused-ring (bicyclic) bond motifs is 2. The van der Waals surface area contributed by atoms with Crippen LogP contribution in [0, 0.1) is 0 Å². The van der Waals surface area contributed by atoms with Crippen LogP contribution in [0.3, 0.4) is 0 Å². The number of H-pyrrole nitrogens is 1. The molecule has 5 nitrogen and oxygen atoms in total. The molecule has 1 aliphatic heterocycles. The number of nitrogens with one attached hydrogen (secondary N) is 2. The fourth-order valence-electron chi connectivity index (χ4n) is 2.44. The average Bonchev–Trinajstić information content (AvgIpc) is 3.13. The highest BCUT2D eigenvalue weighted by Gasteiger charge is 2.18. The summed E-state index contributed by atoms with van der Waals surface area (Å²) in [5, 5.41) is 12.0. The van der Waals surface area contributed by atoms with Crippen LogP contribution in [0.25, 0.3) is 10.9 Å². The van der Waals surface area contributed by atoms with Crippen LogP contribution in [0.2, 0.25) is 5.02 Å². The number of aromatic amines is 1. The summed E-state index contributed by atoms with van der Waals surface area (Å²) in [6.45, 7) is 0.862. The summed E-state index contributed by atoms with van der Waals surface area (Å²) in [4.78, 5) is 0. The van der Waals surface area contributed by atoms with Gasteiger partial charge in [-0.05, 0) is 29.8 Å². The Hall–Kier alpha value is -2.40. The van der Waals surface area contributed by atoms with Gasteiger partial charge in [-0.25, -0.2) is 0 Å². The fraction of sp³-hybridized carbons (Fsp3) is 0.133. The molecule has 6 heteroatoms. The van der Waals surface area contributed by atoms with Crippen LogP contribution in [0.15, 0.2) is 36.5 Å². The highest BCUT2D eigenvalue weighted by atomic mass is 35.5. The van der Waals surface area contributed by atoms with E-state index < -0.39 is 0 Å². The minimum atomic E-state index is 0.222. The van der Waals surface area contributed by atoms with Gasteiger partial charge in [0, 0.05) is 17.6 Å². The van der Waals surface area contributed by atoms with E-state index in [1.807, 2.05) is 36.5 Å². The Morgan fingerprint density at radius 3 is 3.19 bits per heavy atom. The molecule has 0 atom stereocenters. The summed E-state index contributed by atoms with van der Waals surface area (Å²) >= 11 is 6.19. The Morgan fingerprint density at radius 1 is 1.29 bits per heavy atom. The molecule has 0 fully saturated rings. The number of hydrogen-bond donors (Lipinski definition) is 2. The zero-order valence-corrected chi connectivity index (χ0v) is 11.8. The first-order valence-electron chi connectivity index (χ1n) is 6.55. The molecule has 1 aromatic heterocycles. The lowest BCUT2D eigenvalue weighted by molar-refractivity contribution is 0.174. The van der Waals surface area contributed by atoms with Crippen molar-refractivity contribution in [3.8, 4) is 11.5 Å². The molecule has 1 aliphatic rings. The molecule has 0 radical (unpaired) electrons. The molecule has 106 valence electrons. The molecule has 0 spiro atoms. The first kappa shape index (κ1) is 12.3. The molecule has 2 heterocycles. The number of nitrogens with zero attached hydrogens (tertiary/aromatic N) is 1. The van der Waals surface area contributed by atoms with Gasteiger partial charge in [-0.3, -0.25) is 5.10 Å². The normalized spacial score (nSPS) is 12.8. The first-order valence-corrected chi connectivity index (χ1v) is 6.93. The van der Waals surface area contributed by atoms with E-state index in [0.29, 0.717) is 23.1 Å². The Kier molecular flexibility index (Phi) is 2.86. The van der Waals surface area contributed by atoms with Gasteiger partial charge < -0.3 is 14.8 Å². The van der Waals surface area contributed by atoms with Gasteiger partial charge in [0.05, 0.1) is 16.7 Å². The summed E-state index contributed by atoms with van der Waals surface area (Å²) in [7, 11) is 0. The number of benzene rings is 2. The quantitative estimate of drug-likeness (QED) is 0.776. The fourth-order valence-corrected chi connectivity index (χ4v) is 2.73. The maximum atomic E-state index is 6.19. The molecule has 3 aromatic rings. The molecule has 0 saturated carbocycles. The van der Waals surface area contributed by atoms with E-state index in [0.717, 1.165) is 22.2 Å². The van der Waals surface area contributed by atoms with Crippen molar-refractivity contribution in [2.75, 3.05) is 12.1 Å². The van der Waals surface area contributed by atoms with Gasteiger partial charge in [-0.1, -0.05) is 17.7 Å². The third-order valence-corrected chi connectivity index (χ3v) is 3.74. The highest BCUT2D eigenvalue weighted by molar-refractivity contribution is 6.32. The second kappa shape index (κ2) is 4.86. The van der Waals surface area contributed by atoms with Gasteiger partial charge in [0.15, 0.2) is 11.5 Å². The summed E-state index contributed by atoms with van der Waals surface area (Å²) in [5.41, 5.74) is 3.06. The predicted octanol–water partition coefficient (Wildman–Crippen LogP) is 3.56. The lowest BCUT2D eigenvalue weighted by Crippen LogP contribution is -1.99. The Labute approximate surface area is 125 Å². The van der Waals surface area contributed by atoms with Crippen molar-refractivity contribution in [1.82, 2.24) is 10.2 Å². The van der Waals surface area contributed by atoms with Crippen molar-refractivity contribution in [1.29, 1.82) is 0 Å². The predicted molar refractivity (Wildman–Crippen MR) is 81.0 cm³/mol. The van der Waals surface area contributed by atoms with Crippen LogP contribution in [-0.2, 0) is 6.54 Å². The van der Waals surface area contributed by atoms with Crippen LogP contribution in [0.5, 0.6) is 11.5 Å². The van der Waals surface area contributed by atoms with Gasteiger partial charge in [0.2, 0.25) is 6.79 Å². The smallest absolute Gasteiger partial charge is 0.231 e. The molecule has 0 amide bonds. The minimum Gasteiger partial charge on any atom is -0.454 e. The van der Waals surface area contributed by atoms with Crippen LogP contribution in [0.4, 0.5) is 5.69 Å². The number of aromatic nitrogens is 2. The second-order valence-corrected chi connectivity index (χ2v) is 5.21. The molecular formula is C15H12ClN3O2. The number of hydrogen-bond acceptors (Lipinski definition) is 4. The molecule has 0 aliphatic carbocycles. The number of anilines is 1. The van der Waals surface area contributed by atoms with Gasteiger partial charge in [0.1, 0.15) is 0 Å². The van der Waals surface area contributed by atoms with Crippen molar-refractivity contribution in [3.63, 3.8) is 0 Å². The molecule has 2 aromatic carbocycles. The van der Waals surface area contributed by atoms with Crippen LogP contribution >= 0.6 is 11.6 Å². The van der Waals surface area contributed by atoms with Crippen LogP contribution in [-0.4, -0.2) is 17.0 Å². The number of halogens is 1. The van der Waals surface area contributed by atoms with E-state index in [2.05, 4.69) is 15.5 Å². The van der Waals surface area contributed by atoms with E-state index in [4.69, 9.17) is 21.1 Å². The van der Waals surface area contributed by atoms with Gasteiger partial charge in [-0.2, -0.15) is 5.10 Å². The molecular weight excluding hydrogens is 290 g/mol. The number of rotatable bonds is 3. The third-order valence-electron chi connectivity index (χ3n) is 3.45. The van der Waals surface area contributed by atoms with E-state index in [-0.39, 0.29) is 6.79 Å². The first-order chi connectivity index (χ1) is 10.3. The van der Waals surface area contributed by atoms with Crippen molar-refractivity contribution >= 4 is 28.2 Å². The van der Waals surface area contributed by atoms with E-state index in [1.165, 1.54) is 0 Å². The molecule has 0 bridgehead atoms. The number of ether oxygens (including phenoxy) is 2. The van der Waals surface area contributed by atoms with Crippen molar-refractivity contribution in [3.05, 3.63) is 47.1 Å². The standard InChI is InChI=1S/C15H12ClN3O2/c16-11-4-9(5-14-15(11)21-8-20-14)6-17-12-2-1-3-13-10(12)7-18-19-13/h1-5,7,17H,6,8H2,(H,18,19). The zero-order chi connectivity index (χ0) is 14.2. The minimum absolute atomic E-state index is 0.222. The van der Waals surface area contributed by atoms with E-state index >= 15 is 0 Å². The summed E-state index contributed by atoms with van der Waals surface area (Å²) in [6, 6.07) is 9.82. The monoisotopic (exact) mass is 301 g/mol. The molecule has 0 saturated heterocycles. The Morgan fingerprint density at radius 2 is 2.24 bits per heavy atom.